The Morgan fingerprint density at radius 3 is 2.50 bits per heavy atom. The maximum absolute atomic E-state index is 13.7. The van der Waals surface area contributed by atoms with Crippen LogP contribution in [-0.2, 0) is 0 Å². The van der Waals surface area contributed by atoms with E-state index in [0.717, 1.165) is 16.8 Å². The summed E-state index contributed by atoms with van der Waals surface area (Å²) in [6.45, 7) is 3.83. The minimum Gasteiger partial charge on any atom is -0.382 e. The maximum Gasteiger partial charge on any atom is 0.153 e. The largest absolute Gasteiger partial charge is 0.382 e. The van der Waals surface area contributed by atoms with Gasteiger partial charge in [0.05, 0.1) is 0 Å². The number of pyridine rings is 2. The van der Waals surface area contributed by atoms with E-state index in [1.54, 1.807) is 6.20 Å². The van der Waals surface area contributed by atoms with Crippen LogP contribution in [0.15, 0.2) is 24.5 Å². The quantitative estimate of drug-likeness (QED) is 0.628. The zero-order valence-corrected chi connectivity index (χ0v) is 10.2. The first-order valence-corrected chi connectivity index (χ1v) is 5.42. The molecule has 18 heavy (non-hydrogen) atoms. The molecular weight excluding hydrogens is 231 g/mol. The summed E-state index contributed by atoms with van der Waals surface area (Å²) in [7, 11) is 0. The predicted molar refractivity (Wildman–Crippen MR) is 67.9 cm³/mol. The number of nitrogens with two attached hydrogens (primary N) is 1. The fourth-order valence-corrected chi connectivity index (χ4v) is 1.78. The van der Waals surface area contributed by atoms with E-state index in [2.05, 4.69) is 9.97 Å². The molecule has 2 rings (SSSR count). The molecule has 0 amide bonds. The van der Waals surface area contributed by atoms with Crippen LogP contribution >= 0.6 is 0 Å². The number of halogens is 1. The first-order valence-electron chi connectivity index (χ1n) is 5.42. The molecule has 4 nitrogen and oxygen atoms in total. The third kappa shape index (κ3) is 2.20. The van der Waals surface area contributed by atoms with Gasteiger partial charge in [0.1, 0.15) is 11.5 Å². The molecule has 3 N–H and O–H groups in total. The van der Waals surface area contributed by atoms with Crippen molar-refractivity contribution in [2.75, 3.05) is 0 Å². The Labute approximate surface area is 104 Å². The normalized spacial score (nSPS) is 10.4. The average molecular weight is 244 g/mol. The summed E-state index contributed by atoms with van der Waals surface area (Å²) in [6.07, 6.45) is 3.19. The Morgan fingerprint density at radius 2 is 1.94 bits per heavy atom. The first kappa shape index (κ1) is 12.2. The van der Waals surface area contributed by atoms with Gasteiger partial charge in [-0.15, -0.1) is 0 Å². The third-order valence-corrected chi connectivity index (χ3v) is 2.65. The van der Waals surface area contributed by atoms with Crippen molar-refractivity contribution >= 4 is 5.84 Å². The van der Waals surface area contributed by atoms with Gasteiger partial charge in [-0.3, -0.25) is 10.4 Å². The molecule has 2 heterocycles. The smallest absolute Gasteiger partial charge is 0.153 e. The van der Waals surface area contributed by atoms with E-state index >= 15 is 0 Å². The minimum absolute atomic E-state index is 0.128. The molecule has 0 fully saturated rings. The lowest BCUT2D eigenvalue weighted by Gasteiger charge is -2.07. The van der Waals surface area contributed by atoms with Crippen molar-refractivity contribution in [1.82, 2.24) is 9.97 Å². The van der Waals surface area contributed by atoms with Crippen molar-refractivity contribution in [2.24, 2.45) is 5.73 Å². The SMILES string of the molecule is Cc1cc(C)c(-c2cnc(C(=N)N)c(F)c2)cn1. The number of nitrogens with one attached hydrogen (secondary N) is 1. The molecule has 0 radical (unpaired) electrons. The topological polar surface area (TPSA) is 75.7 Å². The Morgan fingerprint density at radius 1 is 1.22 bits per heavy atom. The van der Waals surface area contributed by atoms with Gasteiger partial charge in [0.15, 0.2) is 5.82 Å². The first-order chi connectivity index (χ1) is 8.49. The zero-order valence-electron chi connectivity index (χ0n) is 10.2. The van der Waals surface area contributed by atoms with Gasteiger partial charge in [0.2, 0.25) is 0 Å². The number of nitrogens with zero attached hydrogens (tertiary/aromatic N) is 2. The Bertz CT molecular complexity index is 622. The number of aryl methyl sites for hydroxylation is 2. The second-order valence-electron chi connectivity index (χ2n) is 4.11. The van der Waals surface area contributed by atoms with E-state index in [-0.39, 0.29) is 11.5 Å². The number of hydrogen-bond acceptors (Lipinski definition) is 3. The Kier molecular flexibility index (Phi) is 3.06. The summed E-state index contributed by atoms with van der Waals surface area (Å²) in [5.41, 5.74) is 8.45. The second kappa shape index (κ2) is 4.52. The van der Waals surface area contributed by atoms with Gasteiger partial charge in [0, 0.05) is 29.2 Å². The van der Waals surface area contributed by atoms with Crippen molar-refractivity contribution in [3.63, 3.8) is 0 Å². The van der Waals surface area contributed by atoms with Crippen LogP contribution < -0.4 is 5.73 Å². The van der Waals surface area contributed by atoms with Crippen LogP contribution in [0.1, 0.15) is 17.0 Å². The average Bonchev–Trinajstić information content (AvgIpc) is 2.28. The molecule has 2 aromatic heterocycles. The molecule has 0 saturated heterocycles. The van der Waals surface area contributed by atoms with Crippen molar-refractivity contribution < 1.29 is 4.39 Å². The zero-order chi connectivity index (χ0) is 13.3. The van der Waals surface area contributed by atoms with E-state index in [1.807, 2.05) is 19.9 Å². The van der Waals surface area contributed by atoms with E-state index in [9.17, 15) is 4.39 Å². The number of amidine groups is 1. The lowest BCUT2D eigenvalue weighted by Crippen LogP contribution is -2.15. The van der Waals surface area contributed by atoms with Gasteiger partial charge < -0.3 is 5.73 Å². The van der Waals surface area contributed by atoms with Gasteiger partial charge in [0.25, 0.3) is 0 Å². The van der Waals surface area contributed by atoms with Crippen LogP contribution in [0.2, 0.25) is 0 Å². The van der Waals surface area contributed by atoms with Crippen molar-refractivity contribution in [3.8, 4) is 11.1 Å². The van der Waals surface area contributed by atoms with E-state index < -0.39 is 5.82 Å². The van der Waals surface area contributed by atoms with Crippen LogP contribution in [0.3, 0.4) is 0 Å². The van der Waals surface area contributed by atoms with E-state index in [0.29, 0.717) is 5.56 Å². The highest BCUT2D eigenvalue weighted by atomic mass is 19.1. The van der Waals surface area contributed by atoms with E-state index in [1.165, 1.54) is 12.3 Å². The molecule has 0 aromatic carbocycles. The van der Waals surface area contributed by atoms with Gasteiger partial charge in [-0.2, -0.15) is 0 Å². The number of hydrogen-bond donors (Lipinski definition) is 2. The molecule has 0 aliphatic carbocycles. The highest BCUT2D eigenvalue weighted by Crippen LogP contribution is 2.23. The van der Waals surface area contributed by atoms with Gasteiger partial charge >= 0.3 is 0 Å². The lowest BCUT2D eigenvalue weighted by atomic mass is 10.0. The second-order valence-corrected chi connectivity index (χ2v) is 4.11. The van der Waals surface area contributed by atoms with Crippen LogP contribution in [0.5, 0.6) is 0 Å². The minimum atomic E-state index is -0.597. The van der Waals surface area contributed by atoms with Crippen molar-refractivity contribution in [1.29, 1.82) is 5.41 Å². The molecule has 0 saturated carbocycles. The molecule has 0 aliphatic rings. The highest BCUT2D eigenvalue weighted by molar-refractivity contribution is 5.93. The monoisotopic (exact) mass is 244 g/mol. The molecule has 0 bridgehead atoms. The summed E-state index contributed by atoms with van der Waals surface area (Å²) in [4.78, 5) is 8.05. The molecule has 0 spiro atoms. The van der Waals surface area contributed by atoms with Crippen molar-refractivity contribution in [2.45, 2.75) is 13.8 Å². The molecule has 5 heteroatoms. The Hall–Kier alpha value is -2.30. The maximum atomic E-state index is 13.7. The molecule has 0 aliphatic heterocycles. The van der Waals surface area contributed by atoms with Gasteiger partial charge in [-0.25, -0.2) is 9.37 Å². The number of rotatable bonds is 2. The fourth-order valence-electron chi connectivity index (χ4n) is 1.78. The summed E-state index contributed by atoms with van der Waals surface area (Å²) in [6, 6.07) is 3.25. The summed E-state index contributed by atoms with van der Waals surface area (Å²) < 4.78 is 13.7. The predicted octanol–water partition coefficient (Wildman–Crippen LogP) is 2.18. The fraction of sp³-hybridized carbons (Fsp3) is 0.154. The standard InChI is InChI=1S/C13H13FN4/c1-7-3-8(2)17-6-10(7)9-4-11(14)12(13(15)16)18-5-9/h3-6H,1-2H3,(H3,15,16). The van der Waals surface area contributed by atoms with Crippen LogP contribution in [0.4, 0.5) is 4.39 Å². The van der Waals surface area contributed by atoms with Crippen molar-refractivity contribution in [3.05, 3.63) is 47.3 Å². The van der Waals surface area contributed by atoms with E-state index in [4.69, 9.17) is 11.1 Å². The Balaban J connectivity index is 2.52. The number of aromatic nitrogens is 2. The summed E-state index contributed by atoms with van der Waals surface area (Å²) >= 11 is 0. The third-order valence-electron chi connectivity index (χ3n) is 2.65. The summed E-state index contributed by atoms with van der Waals surface area (Å²) in [5.74, 6) is -0.974. The molecule has 2 aromatic rings. The van der Waals surface area contributed by atoms with Gasteiger partial charge in [-0.1, -0.05) is 0 Å². The number of nitrogen functional groups attached to an aromatic ring is 1. The van der Waals surface area contributed by atoms with Gasteiger partial charge in [-0.05, 0) is 31.5 Å². The molecule has 92 valence electrons. The molecule has 0 atom stereocenters. The van der Waals surface area contributed by atoms with Crippen LogP contribution in [-0.4, -0.2) is 15.8 Å². The lowest BCUT2D eigenvalue weighted by molar-refractivity contribution is 0.618. The van der Waals surface area contributed by atoms with Crippen LogP contribution in [0.25, 0.3) is 11.1 Å². The molecular formula is C13H13FN4. The summed E-state index contributed by atoms with van der Waals surface area (Å²) in [5, 5.41) is 7.18. The van der Waals surface area contributed by atoms with Crippen LogP contribution in [0, 0.1) is 25.1 Å². The highest BCUT2D eigenvalue weighted by Gasteiger charge is 2.10. The molecule has 0 unspecified atom stereocenters.